The van der Waals surface area contributed by atoms with Gasteiger partial charge in [0, 0.05) is 41.7 Å². The zero-order valence-corrected chi connectivity index (χ0v) is 32.7. The van der Waals surface area contributed by atoms with Crippen LogP contribution in [0.1, 0.15) is 78.7 Å². The largest absolute Gasteiger partial charge is 0.458 e. The van der Waals surface area contributed by atoms with Crippen molar-refractivity contribution in [2.75, 3.05) is 6.61 Å². The van der Waals surface area contributed by atoms with Crippen molar-refractivity contribution in [3.05, 3.63) is 60.2 Å². The van der Waals surface area contributed by atoms with Gasteiger partial charge in [-0.05, 0) is 62.9 Å². The molecule has 13 nitrogen and oxygen atoms in total. The minimum Gasteiger partial charge on any atom is -0.458 e. The fraction of sp³-hybridized carbons (Fsp3) is 0.721. The van der Waals surface area contributed by atoms with E-state index in [2.05, 4.69) is 6.92 Å². The summed E-state index contributed by atoms with van der Waals surface area (Å²) in [5.74, 6) is -5.74. The van der Waals surface area contributed by atoms with Crippen LogP contribution < -0.4 is 0 Å². The molecule has 56 heavy (non-hydrogen) atoms. The summed E-state index contributed by atoms with van der Waals surface area (Å²) in [5, 5.41) is 62.8. The van der Waals surface area contributed by atoms with Crippen LogP contribution in [0, 0.1) is 41.4 Å². The minimum absolute atomic E-state index is 0.0587. The topological polar surface area (TPSA) is 194 Å². The lowest BCUT2D eigenvalue weighted by Crippen LogP contribution is -2.89. The second kappa shape index (κ2) is 12.9. The van der Waals surface area contributed by atoms with Gasteiger partial charge < -0.3 is 54.0 Å². The van der Waals surface area contributed by atoms with Crippen LogP contribution in [0.15, 0.2) is 54.6 Å². The van der Waals surface area contributed by atoms with Gasteiger partial charge in [0.05, 0.1) is 17.8 Å². The minimum atomic E-state index is -2.18. The van der Waals surface area contributed by atoms with Crippen molar-refractivity contribution < 1.29 is 63.5 Å². The van der Waals surface area contributed by atoms with Gasteiger partial charge in [-0.25, -0.2) is 4.79 Å². The number of allylic oxidation sites excluding steroid dienone is 2. The number of aliphatic hydroxyl groups is 5. The number of esters is 2. The number of hydrogen-bond donors (Lipinski definition) is 5. The Morgan fingerprint density at radius 3 is 2.41 bits per heavy atom. The molecule has 10 rings (SSSR count). The molecule has 9 aliphatic rings. The zero-order valence-electron chi connectivity index (χ0n) is 32.7. The Hall–Kier alpha value is -2.72. The Balaban J connectivity index is 1.21. The van der Waals surface area contributed by atoms with Gasteiger partial charge in [0.15, 0.2) is 0 Å². The van der Waals surface area contributed by atoms with Crippen LogP contribution in [-0.4, -0.2) is 109 Å². The molecule has 5 heterocycles. The summed E-state index contributed by atoms with van der Waals surface area (Å²) < 4.78 is 39.3. The number of ether oxygens (including phenoxy) is 6. The molecule has 1 spiro atoms. The Bertz CT molecular complexity index is 1800. The summed E-state index contributed by atoms with van der Waals surface area (Å²) in [7, 11) is 0. The molecule has 0 amide bonds. The summed E-state index contributed by atoms with van der Waals surface area (Å²) in [6, 6.07) is 9.03. The number of rotatable bonds is 5. The fourth-order valence-electron chi connectivity index (χ4n) is 12.7. The van der Waals surface area contributed by atoms with Crippen molar-refractivity contribution >= 4 is 11.9 Å². The maximum atomic E-state index is 13.5. The Kier molecular flexibility index (Phi) is 8.93. The van der Waals surface area contributed by atoms with E-state index in [1.807, 2.05) is 39.0 Å². The van der Waals surface area contributed by atoms with Crippen molar-refractivity contribution in [1.29, 1.82) is 0 Å². The highest BCUT2D eigenvalue weighted by molar-refractivity contribution is 5.82. The van der Waals surface area contributed by atoms with Crippen LogP contribution in [-0.2, 0) is 44.0 Å². The predicted octanol–water partition coefficient (Wildman–Crippen LogP) is 2.79. The highest BCUT2D eigenvalue weighted by Gasteiger charge is 2.90. The molecule has 1 aromatic carbocycles. The first-order valence-corrected chi connectivity index (χ1v) is 20.5. The lowest BCUT2D eigenvalue weighted by Gasteiger charge is -2.74. The molecule has 18 atom stereocenters. The van der Waals surface area contributed by atoms with Crippen molar-refractivity contribution in [1.82, 2.24) is 0 Å². The number of carbonyl (C=O) groups is 2. The van der Waals surface area contributed by atoms with E-state index in [4.69, 9.17) is 28.4 Å². The summed E-state index contributed by atoms with van der Waals surface area (Å²) in [6.07, 6.45) is 1.39. The number of fused-ring (bicyclic) bond motifs is 3. The Morgan fingerprint density at radius 2 is 1.70 bits per heavy atom. The quantitative estimate of drug-likeness (QED) is 0.217. The lowest BCUT2D eigenvalue weighted by molar-refractivity contribution is -0.595. The molecule has 1 aromatic rings. The number of aliphatic hydroxyl groups excluding tert-OH is 2. The molecule has 0 radical (unpaired) electrons. The van der Waals surface area contributed by atoms with E-state index in [1.54, 1.807) is 31.2 Å². The number of carbonyl (C=O) groups excluding carboxylic acids is 2. The number of hydrogen-bond acceptors (Lipinski definition) is 13. The molecule has 4 saturated heterocycles. The van der Waals surface area contributed by atoms with Gasteiger partial charge in [0.2, 0.25) is 0 Å². The highest BCUT2D eigenvalue weighted by Crippen LogP contribution is 2.74. The fourth-order valence-corrected chi connectivity index (χ4v) is 12.7. The third kappa shape index (κ3) is 5.05. The van der Waals surface area contributed by atoms with E-state index in [0.29, 0.717) is 18.4 Å². The van der Waals surface area contributed by atoms with Crippen LogP contribution in [0.3, 0.4) is 0 Å². The third-order valence-electron chi connectivity index (χ3n) is 15.4. The zero-order chi connectivity index (χ0) is 39.8. The van der Waals surface area contributed by atoms with E-state index in [0.717, 1.165) is 0 Å². The van der Waals surface area contributed by atoms with Gasteiger partial charge >= 0.3 is 17.9 Å². The molecule has 4 saturated carbocycles. The van der Waals surface area contributed by atoms with Crippen LogP contribution >= 0.6 is 0 Å². The smallest absolute Gasteiger partial charge is 0.331 e. The van der Waals surface area contributed by atoms with Gasteiger partial charge in [0.25, 0.3) is 0 Å². The molecular weight excluding hydrogens is 724 g/mol. The molecule has 0 aromatic heterocycles. The molecule has 306 valence electrons. The van der Waals surface area contributed by atoms with E-state index < -0.39 is 101 Å². The molecule has 10 bridgehead atoms. The van der Waals surface area contributed by atoms with Crippen molar-refractivity contribution in [2.24, 2.45) is 41.4 Å². The van der Waals surface area contributed by atoms with Gasteiger partial charge in [-0.3, -0.25) is 4.79 Å². The van der Waals surface area contributed by atoms with E-state index in [1.165, 1.54) is 12.2 Å². The number of epoxide rings is 1. The van der Waals surface area contributed by atoms with Crippen LogP contribution in [0.4, 0.5) is 0 Å². The maximum absolute atomic E-state index is 13.5. The predicted molar refractivity (Wildman–Crippen MR) is 196 cm³/mol. The molecular formula is C43H56O13. The van der Waals surface area contributed by atoms with Crippen molar-refractivity contribution in [3.8, 4) is 0 Å². The third-order valence-corrected chi connectivity index (χ3v) is 15.4. The van der Waals surface area contributed by atoms with Crippen molar-refractivity contribution in [2.45, 2.75) is 144 Å². The number of benzene rings is 1. The average Bonchev–Trinajstić information content (AvgIpc) is 3.66. The summed E-state index contributed by atoms with van der Waals surface area (Å²) in [6.45, 7) is 8.76. The summed E-state index contributed by atoms with van der Waals surface area (Å²) in [5.41, 5.74) is -8.74. The van der Waals surface area contributed by atoms with E-state index in [9.17, 15) is 35.1 Å². The molecule has 13 heteroatoms. The van der Waals surface area contributed by atoms with E-state index >= 15 is 0 Å². The molecule has 5 N–H and O–H groups in total. The maximum Gasteiger partial charge on any atom is 0.331 e. The first-order valence-electron chi connectivity index (χ1n) is 20.5. The molecule has 4 aliphatic carbocycles. The van der Waals surface area contributed by atoms with Gasteiger partial charge in [-0.15, -0.1) is 0 Å². The first kappa shape index (κ1) is 38.8. The average molecular weight is 781 g/mol. The monoisotopic (exact) mass is 780 g/mol. The van der Waals surface area contributed by atoms with Crippen LogP contribution in [0.5, 0.6) is 0 Å². The summed E-state index contributed by atoms with van der Waals surface area (Å²) in [4.78, 5) is 26.6. The second-order valence-corrected chi connectivity index (χ2v) is 18.7. The van der Waals surface area contributed by atoms with Crippen LogP contribution in [0.25, 0.3) is 0 Å². The second-order valence-electron chi connectivity index (χ2n) is 18.7. The summed E-state index contributed by atoms with van der Waals surface area (Å²) >= 11 is 0. The molecule has 1 unspecified atom stereocenters. The molecule has 8 fully saturated rings. The molecule has 5 aliphatic heterocycles. The first-order chi connectivity index (χ1) is 26.5. The van der Waals surface area contributed by atoms with E-state index in [-0.39, 0.29) is 55.3 Å². The van der Waals surface area contributed by atoms with Crippen molar-refractivity contribution in [3.63, 3.8) is 0 Å². The Morgan fingerprint density at radius 1 is 0.964 bits per heavy atom. The SMILES string of the molecule is CC(C)CC(=O)O[C@H]1/C=C\C=C/C(=O)O[C@H]2CC[C@@H]3[C@]2(O)[C@H](O)[C@@]2(CO)O[C@H]2[C@H]2[C@H]4OC5(c6ccccc6)O[C@H]([C@@H](C)[C@@]23O5)[C@@]4(O)[C@](C)(O)C[C@H]2CC[C@H]1[C@@H]2C. The lowest BCUT2D eigenvalue weighted by atomic mass is 9.49. The standard InChI is InChI=1S/C43H56O13/c1-22(2)19-32(46)51-28-13-9-10-14-31(45)52-30-18-17-29-40(30,49)37(47)39(21-44)35(53-39)33-36-42(50,38(5,48)20-25-15-16-27(28)23(25)3)34-24(4)41(29,33)56-43(54-34,55-36)26-11-7-6-8-12-26/h6-14,22-25,27-30,33-37,44,47-50H,15-21H2,1-5H3/b13-9-,14-10-/t23-,24-,25-,27+,28+,29-,30+,33+,34-,35+,36-,37-,38-,39+,40-,41+,42+,43?/m1/s1. The van der Waals surface area contributed by atoms with Gasteiger partial charge in [0.1, 0.15) is 53.4 Å². The van der Waals surface area contributed by atoms with Gasteiger partial charge in [-0.2, -0.15) is 0 Å². The Labute approximate surface area is 326 Å². The highest BCUT2D eigenvalue weighted by atomic mass is 16.9. The normalized spacial score (nSPS) is 53.8. The van der Waals surface area contributed by atoms with Gasteiger partial charge in [-0.1, -0.05) is 70.2 Å². The van der Waals surface area contributed by atoms with Crippen LogP contribution in [0.2, 0.25) is 0 Å².